The minimum atomic E-state index is -0.258. The van der Waals surface area contributed by atoms with Gasteiger partial charge in [-0.15, -0.1) is 0 Å². The van der Waals surface area contributed by atoms with Crippen LogP contribution in [-0.2, 0) is 6.54 Å². The molecule has 0 spiro atoms. The Morgan fingerprint density at radius 2 is 2.03 bits per heavy atom. The lowest BCUT2D eigenvalue weighted by Crippen LogP contribution is -2.33. The number of amides is 1. The summed E-state index contributed by atoms with van der Waals surface area (Å²) in [4.78, 5) is 39.6. The lowest BCUT2D eigenvalue weighted by atomic mass is 10.1. The van der Waals surface area contributed by atoms with E-state index in [4.69, 9.17) is 11.6 Å². The second-order valence-corrected chi connectivity index (χ2v) is 8.55. The second-order valence-electron chi connectivity index (χ2n) is 8.12. The SMILES string of the molecule is CCCN(Cc1nc2cc(Cl)ccc2c(=O)[nH]1)C(=O)c1cc2cnn(C(C)C)c2nc1C. The van der Waals surface area contributed by atoms with E-state index in [0.29, 0.717) is 39.6 Å². The zero-order valence-corrected chi connectivity index (χ0v) is 19.3. The summed E-state index contributed by atoms with van der Waals surface area (Å²) in [6, 6.07) is 6.95. The Kier molecular flexibility index (Phi) is 5.97. The van der Waals surface area contributed by atoms with Crippen LogP contribution in [0.3, 0.4) is 0 Å². The molecule has 166 valence electrons. The van der Waals surface area contributed by atoms with Gasteiger partial charge >= 0.3 is 0 Å². The molecule has 1 aromatic carbocycles. The molecule has 4 rings (SSSR count). The molecule has 0 unspecified atom stereocenters. The fourth-order valence-corrected chi connectivity index (χ4v) is 3.94. The van der Waals surface area contributed by atoms with E-state index >= 15 is 0 Å². The fraction of sp³-hybridized carbons (Fsp3) is 0.348. The van der Waals surface area contributed by atoms with Gasteiger partial charge in [0.2, 0.25) is 0 Å². The Balaban J connectivity index is 1.70. The van der Waals surface area contributed by atoms with Crippen molar-refractivity contribution in [3.05, 3.63) is 62.9 Å². The highest BCUT2D eigenvalue weighted by Gasteiger charge is 2.21. The van der Waals surface area contributed by atoms with E-state index < -0.39 is 0 Å². The topological polar surface area (TPSA) is 96.8 Å². The Bertz CT molecular complexity index is 1370. The number of pyridine rings is 1. The highest BCUT2D eigenvalue weighted by molar-refractivity contribution is 6.31. The first kappa shape index (κ1) is 22.0. The Morgan fingerprint density at radius 1 is 1.25 bits per heavy atom. The largest absolute Gasteiger partial charge is 0.331 e. The normalized spacial score (nSPS) is 11.6. The first-order valence-electron chi connectivity index (χ1n) is 10.6. The first-order valence-corrected chi connectivity index (χ1v) is 11.0. The molecule has 0 radical (unpaired) electrons. The van der Waals surface area contributed by atoms with Gasteiger partial charge in [0, 0.05) is 23.0 Å². The van der Waals surface area contributed by atoms with E-state index in [-0.39, 0.29) is 24.1 Å². The highest BCUT2D eigenvalue weighted by atomic mass is 35.5. The maximum absolute atomic E-state index is 13.5. The molecule has 0 saturated carbocycles. The van der Waals surface area contributed by atoms with Gasteiger partial charge in [-0.25, -0.2) is 14.6 Å². The summed E-state index contributed by atoms with van der Waals surface area (Å²) in [5, 5.41) is 6.17. The highest BCUT2D eigenvalue weighted by Crippen LogP contribution is 2.21. The third-order valence-corrected chi connectivity index (χ3v) is 5.55. The average Bonchev–Trinajstić information content (AvgIpc) is 3.15. The fourth-order valence-electron chi connectivity index (χ4n) is 3.77. The number of H-pyrrole nitrogens is 1. The number of fused-ring (bicyclic) bond motifs is 2. The Labute approximate surface area is 190 Å². The van der Waals surface area contributed by atoms with Crippen LogP contribution in [0.15, 0.2) is 35.3 Å². The van der Waals surface area contributed by atoms with Crippen molar-refractivity contribution in [3.8, 4) is 0 Å². The van der Waals surface area contributed by atoms with Crippen LogP contribution in [-0.4, -0.2) is 42.1 Å². The molecule has 0 fully saturated rings. The van der Waals surface area contributed by atoms with Crippen LogP contribution in [0.2, 0.25) is 5.02 Å². The van der Waals surface area contributed by atoms with Gasteiger partial charge in [0.25, 0.3) is 11.5 Å². The number of nitrogens with zero attached hydrogens (tertiary/aromatic N) is 5. The van der Waals surface area contributed by atoms with Gasteiger partial charge in [-0.3, -0.25) is 9.59 Å². The minimum absolute atomic E-state index is 0.162. The molecule has 9 heteroatoms. The average molecular weight is 453 g/mol. The number of hydrogen-bond donors (Lipinski definition) is 1. The summed E-state index contributed by atoms with van der Waals surface area (Å²) in [6.07, 6.45) is 2.49. The van der Waals surface area contributed by atoms with Crippen LogP contribution in [0.1, 0.15) is 55.1 Å². The van der Waals surface area contributed by atoms with Crippen LogP contribution in [0.5, 0.6) is 0 Å². The number of nitrogens with one attached hydrogen (secondary N) is 1. The van der Waals surface area contributed by atoms with Gasteiger partial charge in [0.05, 0.1) is 34.9 Å². The predicted molar refractivity (Wildman–Crippen MR) is 125 cm³/mol. The molecule has 0 saturated heterocycles. The number of aromatic nitrogens is 5. The number of carbonyl (C=O) groups is 1. The second kappa shape index (κ2) is 8.70. The number of carbonyl (C=O) groups excluding carboxylic acids is 1. The van der Waals surface area contributed by atoms with E-state index in [0.717, 1.165) is 17.5 Å². The molecular weight excluding hydrogens is 428 g/mol. The molecule has 0 bridgehead atoms. The molecule has 0 aliphatic rings. The van der Waals surface area contributed by atoms with Crippen molar-refractivity contribution >= 4 is 39.4 Å². The van der Waals surface area contributed by atoms with Gasteiger partial charge in [-0.2, -0.15) is 5.10 Å². The third kappa shape index (κ3) is 4.10. The standard InChI is InChI=1S/C23H25ClN6O2/c1-5-8-29(12-20-27-19-10-16(24)6-7-17(19)22(31)28-20)23(32)18-9-15-11-25-30(13(2)3)21(15)26-14(18)4/h6-7,9-11,13H,5,8,12H2,1-4H3,(H,27,28,31). The molecule has 1 amide bonds. The smallest absolute Gasteiger partial charge is 0.258 e. The summed E-state index contributed by atoms with van der Waals surface area (Å²) in [7, 11) is 0. The van der Waals surface area contributed by atoms with Crippen LogP contribution in [0.25, 0.3) is 21.9 Å². The number of aromatic amines is 1. The lowest BCUT2D eigenvalue weighted by molar-refractivity contribution is 0.0738. The third-order valence-electron chi connectivity index (χ3n) is 5.32. The number of hydrogen-bond acceptors (Lipinski definition) is 5. The number of halogens is 1. The molecule has 1 N–H and O–H groups in total. The van der Waals surface area contributed by atoms with E-state index in [2.05, 4.69) is 20.1 Å². The van der Waals surface area contributed by atoms with E-state index in [9.17, 15) is 9.59 Å². The van der Waals surface area contributed by atoms with Crippen LogP contribution in [0, 0.1) is 6.92 Å². The maximum atomic E-state index is 13.5. The Hall–Kier alpha value is -3.26. The van der Waals surface area contributed by atoms with Gasteiger partial charge in [0.15, 0.2) is 5.65 Å². The number of benzene rings is 1. The molecule has 0 aliphatic heterocycles. The molecule has 3 heterocycles. The molecule has 0 atom stereocenters. The maximum Gasteiger partial charge on any atom is 0.258 e. The van der Waals surface area contributed by atoms with Gasteiger partial charge in [-0.1, -0.05) is 18.5 Å². The van der Waals surface area contributed by atoms with Crippen LogP contribution >= 0.6 is 11.6 Å². The minimum Gasteiger partial charge on any atom is -0.331 e. The van der Waals surface area contributed by atoms with Crippen molar-refractivity contribution < 1.29 is 4.79 Å². The van der Waals surface area contributed by atoms with Crippen molar-refractivity contribution in [1.29, 1.82) is 0 Å². The monoisotopic (exact) mass is 452 g/mol. The first-order chi connectivity index (χ1) is 15.3. The zero-order valence-electron chi connectivity index (χ0n) is 18.5. The van der Waals surface area contributed by atoms with Gasteiger partial charge in [0.1, 0.15) is 5.82 Å². The van der Waals surface area contributed by atoms with E-state index in [1.807, 2.05) is 38.4 Å². The zero-order chi connectivity index (χ0) is 23.0. The summed E-state index contributed by atoms with van der Waals surface area (Å²) >= 11 is 6.07. The summed E-state index contributed by atoms with van der Waals surface area (Å²) < 4.78 is 1.84. The van der Waals surface area contributed by atoms with E-state index in [1.54, 1.807) is 29.3 Å². The van der Waals surface area contributed by atoms with Crippen molar-refractivity contribution in [2.75, 3.05) is 6.54 Å². The molecule has 8 nitrogen and oxygen atoms in total. The van der Waals surface area contributed by atoms with Gasteiger partial charge < -0.3 is 9.88 Å². The lowest BCUT2D eigenvalue weighted by Gasteiger charge is -2.22. The number of rotatable bonds is 6. The summed E-state index contributed by atoms with van der Waals surface area (Å²) in [5.74, 6) is 0.246. The molecule has 32 heavy (non-hydrogen) atoms. The van der Waals surface area contributed by atoms with Crippen LogP contribution in [0.4, 0.5) is 0 Å². The molecule has 3 aromatic heterocycles. The molecule has 4 aromatic rings. The summed E-state index contributed by atoms with van der Waals surface area (Å²) in [6.45, 7) is 8.59. The quantitative estimate of drug-likeness (QED) is 0.471. The van der Waals surface area contributed by atoms with Crippen molar-refractivity contribution in [2.24, 2.45) is 0 Å². The summed E-state index contributed by atoms with van der Waals surface area (Å²) in [5.41, 5.74) is 2.15. The van der Waals surface area contributed by atoms with Crippen molar-refractivity contribution in [3.63, 3.8) is 0 Å². The number of aryl methyl sites for hydroxylation is 1. The van der Waals surface area contributed by atoms with E-state index in [1.165, 1.54) is 0 Å². The van der Waals surface area contributed by atoms with Gasteiger partial charge in [-0.05, 0) is 51.5 Å². The molecular formula is C23H25ClN6O2. The van der Waals surface area contributed by atoms with Crippen molar-refractivity contribution in [2.45, 2.75) is 46.7 Å². The predicted octanol–water partition coefficient (Wildman–Crippen LogP) is 4.26. The molecule has 0 aliphatic carbocycles. The van der Waals surface area contributed by atoms with Crippen molar-refractivity contribution in [1.82, 2.24) is 29.6 Å². The van der Waals surface area contributed by atoms with Crippen LogP contribution < -0.4 is 5.56 Å². The Morgan fingerprint density at radius 3 is 2.75 bits per heavy atom.